The number of carbonyl (C=O) groups is 2. The van der Waals surface area contributed by atoms with Crippen molar-refractivity contribution in [2.45, 2.75) is 18.1 Å². The highest BCUT2D eigenvalue weighted by Gasteiger charge is 2.38. The van der Waals surface area contributed by atoms with Gasteiger partial charge in [0.2, 0.25) is 11.8 Å². The zero-order valence-corrected chi connectivity index (χ0v) is 25.3. The molecule has 0 unspecified atom stereocenters. The molecule has 6 rings (SSSR count). The molecule has 1 aromatic heterocycles. The number of hydrogen-bond donors (Lipinski definition) is 0. The van der Waals surface area contributed by atoms with Gasteiger partial charge in [-0.15, -0.1) is 11.8 Å². The first kappa shape index (κ1) is 28.7. The Kier molecular flexibility index (Phi) is 8.29. The Morgan fingerprint density at radius 2 is 1.63 bits per heavy atom. The van der Waals surface area contributed by atoms with Gasteiger partial charge in [-0.05, 0) is 54.8 Å². The summed E-state index contributed by atoms with van der Waals surface area (Å²) in [6.45, 7) is 1.37. The first-order valence-corrected chi connectivity index (χ1v) is 15.3. The standard InChI is InChI=1S/C33H34N4O5S/c1-40-25-14-12-24(13-15-25)37-33-30(31(34-37)22-9-5-4-6-10-22)32(23-11-16-26(41-2)27(19-23)42-3)43-21-29(39)36(33)20-28(38)35-17-7-8-18-35/h4-6,9-16,19,32H,7-8,17-18,20-21H2,1-3H3/t32-/m1/s1. The number of anilines is 1. The summed E-state index contributed by atoms with van der Waals surface area (Å²) in [6, 6.07) is 23.3. The predicted octanol–water partition coefficient (Wildman–Crippen LogP) is 5.36. The van der Waals surface area contributed by atoms with Gasteiger partial charge in [-0.2, -0.15) is 5.10 Å². The lowest BCUT2D eigenvalue weighted by Crippen LogP contribution is -2.43. The SMILES string of the molecule is COc1ccc(-n2nc(-c3ccccc3)c3c2N(CC(=O)N2CCCC2)C(=O)CS[C@@H]3c2ccc(OC)c(OC)c2)cc1. The summed E-state index contributed by atoms with van der Waals surface area (Å²) >= 11 is 1.52. The van der Waals surface area contributed by atoms with Gasteiger partial charge >= 0.3 is 0 Å². The van der Waals surface area contributed by atoms with Crippen LogP contribution < -0.4 is 19.1 Å². The van der Waals surface area contributed by atoms with E-state index < -0.39 is 0 Å². The van der Waals surface area contributed by atoms with Gasteiger partial charge in [0, 0.05) is 24.2 Å². The molecule has 1 saturated heterocycles. The Hall–Kier alpha value is -4.44. The van der Waals surface area contributed by atoms with Gasteiger partial charge in [0.1, 0.15) is 18.1 Å². The average molecular weight is 599 g/mol. The minimum atomic E-state index is -0.284. The largest absolute Gasteiger partial charge is 0.497 e. The van der Waals surface area contributed by atoms with Crippen molar-refractivity contribution in [3.8, 4) is 34.2 Å². The summed E-state index contributed by atoms with van der Waals surface area (Å²) in [5, 5.41) is 4.87. The third-order valence-corrected chi connectivity index (χ3v) is 9.17. The molecule has 1 fully saturated rings. The van der Waals surface area contributed by atoms with Crippen LogP contribution in [0.3, 0.4) is 0 Å². The highest BCUT2D eigenvalue weighted by Crippen LogP contribution is 2.49. The van der Waals surface area contributed by atoms with Gasteiger partial charge in [-0.25, -0.2) is 4.68 Å². The van der Waals surface area contributed by atoms with Gasteiger partial charge in [0.25, 0.3) is 0 Å². The number of thioether (sulfide) groups is 1. The second-order valence-corrected chi connectivity index (χ2v) is 11.5. The van der Waals surface area contributed by atoms with Crippen molar-refractivity contribution in [2.75, 3.05) is 51.6 Å². The van der Waals surface area contributed by atoms with E-state index in [1.807, 2.05) is 77.7 Å². The molecule has 0 aliphatic carbocycles. The first-order chi connectivity index (χ1) is 21.0. The van der Waals surface area contributed by atoms with Crippen molar-refractivity contribution < 1.29 is 23.8 Å². The molecule has 2 aliphatic heterocycles. The lowest BCUT2D eigenvalue weighted by atomic mass is 9.99. The number of rotatable bonds is 8. The molecule has 2 aliphatic rings. The number of likely N-dealkylation sites (tertiary alicyclic amines) is 1. The number of hydrogen-bond acceptors (Lipinski definition) is 7. The van der Waals surface area contributed by atoms with Crippen LogP contribution in [0.4, 0.5) is 5.82 Å². The maximum Gasteiger partial charge on any atom is 0.242 e. The third-order valence-electron chi connectivity index (χ3n) is 7.92. The van der Waals surface area contributed by atoms with Crippen molar-refractivity contribution in [1.82, 2.24) is 14.7 Å². The zero-order valence-electron chi connectivity index (χ0n) is 24.5. The Morgan fingerprint density at radius 3 is 2.30 bits per heavy atom. The van der Waals surface area contributed by atoms with E-state index in [-0.39, 0.29) is 29.4 Å². The average Bonchev–Trinajstić information content (AvgIpc) is 3.71. The summed E-state index contributed by atoms with van der Waals surface area (Å²) in [7, 11) is 4.84. The summed E-state index contributed by atoms with van der Waals surface area (Å²) in [6.07, 6.45) is 1.95. The van der Waals surface area contributed by atoms with Gasteiger partial charge in [0.05, 0.1) is 43.7 Å². The Morgan fingerprint density at radius 1 is 0.907 bits per heavy atom. The number of carbonyl (C=O) groups excluding carboxylic acids is 2. The van der Waals surface area contributed by atoms with Crippen molar-refractivity contribution in [1.29, 1.82) is 0 Å². The molecule has 3 aromatic carbocycles. The number of ether oxygens (including phenoxy) is 3. The predicted molar refractivity (Wildman–Crippen MR) is 168 cm³/mol. The van der Waals surface area contributed by atoms with Crippen LogP contribution in [0.15, 0.2) is 72.8 Å². The molecule has 9 nitrogen and oxygen atoms in total. The Balaban J connectivity index is 1.60. The molecule has 0 spiro atoms. The minimum absolute atomic E-state index is 0.0544. The van der Waals surface area contributed by atoms with Crippen LogP contribution in [0, 0.1) is 0 Å². The molecule has 0 saturated carbocycles. The fourth-order valence-electron chi connectivity index (χ4n) is 5.71. The summed E-state index contributed by atoms with van der Waals surface area (Å²) in [4.78, 5) is 31.0. The van der Waals surface area contributed by atoms with E-state index in [4.69, 9.17) is 19.3 Å². The molecular formula is C33H34N4O5S. The van der Waals surface area contributed by atoms with E-state index in [0.29, 0.717) is 36.2 Å². The lowest BCUT2D eigenvalue weighted by Gasteiger charge is -2.25. The van der Waals surface area contributed by atoms with Crippen molar-refractivity contribution in [3.63, 3.8) is 0 Å². The molecular weight excluding hydrogens is 564 g/mol. The second kappa shape index (κ2) is 12.4. The van der Waals surface area contributed by atoms with Crippen molar-refractivity contribution >= 4 is 29.4 Å². The summed E-state index contributed by atoms with van der Waals surface area (Å²) in [5.41, 5.74) is 4.21. The lowest BCUT2D eigenvalue weighted by molar-refractivity contribution is -0.130. The van der Waals surface area contributed by atoms with Crippen molar-refractivity contribution in [3.05, 3.63) is 83.9 Å². The van der Waals surface area contributed by atoms with Crippen LogP contribution >= 0.6 is 11.8 Å². The molecule has 1 atom stereocenters. The van der Waals surface area contributed by atoms with Gasteiger partial charge < -0.3 is 19.1 Å². The molecule has 10 heteroatoms. The maximum absolute atomic E-state index is 14.0. The highest BCUT2D eigenvalue weighted by atomic mass is 32.2. The van der Waals surface area contributed by atoms with Crippen LogP contribution in [-0.2, 0) is 9.59 Å². The quantitative estimate of drug-likeness (QED) is 0.270. The van der Waals surface area contributed by atoms with E-state index in [2.05, 4.69) is 0 Å². The molecule has 4 aromatic rings. The summed E-state index contributed by atoms with van der Waals surface area (Å²) in [5.74, 6) is 2.51. The molecule has 0 radical (unpaired) electrons. The first-order valence-electron chi connectivity index (χ1n) is 14.3. The van der Waals surface area contributed by atoms with Crippen LogP contribution in [0.25, 0.3) is 16.9 Å². The van der Waals surface area contributed by atoms with E-state index in [1.54, 1.807) is 30.9 Å². The zero-order chi connectivity index (χ0) is 29.9. The molecule has 2 amide bonds. The molecule has 0 bridgehead atoms. The minimum Gasteiger partial charge on any atom is -0.497 e. The normalized spacial score (nSPS) is 16.5. The second-order valence-electron chi connectivity index (χ2n) is 10.4. The monoisotopic (exact) mass is 598 g/mol. The summed E-state index contributed by atoms with van der Waals surface area (Å²) < 4.78 is 18.4. The van der Waals surface area contributed by atoms with Gasteiger partial charge in [0.15, 0.2) is 11.5 Å². The van der Waals surface area contributed by atoms with Crippen LogP contribution in [-0.4, -0.2) is 73.2 Å². The molecule has 3 heterocycles. The maximum atomic E-state index is 14.0. The smallest absolute Gasteiger partial charge is 0.242 e. The molecule has 43 heavy (non-hydrogen) atoms. The topological polar surface area (TPSA) is 86.1 Å². The van der Waals surface area contributed by atoms with E-state index in [1.165, 1.54) is 11.8 Å². The number of nitrogens with zero attached hydrogens (tertiary/aromatic N) is 4. The van der Waals surface area contributed by atoms with Crippen molar-refractivity contribution in [2.24, 2.45) is 0 Å². The number of amides is 2. The van der Waals surface area contributed by atoms with E-state index >= 15 is 0 Å². The molecule has 222 valence electrons. The van der Waals surface area contributed by atoms with Crippen LogP contribution in [0.2, 0.25) is 0 Å². The Labute approximate surface area is 255 Å². The number of benzene rings is 3. The fraction of sp³-hybridized carbons (Fsp3) is 0.303. The molecule has 0 N–H and O–H groups in total. The van der Waals surface area contributed by atoms with Crippen LogP contribution in [0.1, 0.15) is 29.2 Å². The van der Waals surface area contributed by atoms with E-state index in [9.17, 15) is 9.59 Å². The third kappa shape index (κ3) is 5.54. The van der Waals surface area contributed by atoms with Gasteiger partial charge in [-0.3, -0.25) is 14.5 Å². The van der Waals surface area contributed by atoms with Gasteiger partial charge in [-0.1, -0.05) is 36.4 Å². The number of fused-ring (bicyclic) bond motifs is 1. The van der Waals surface area contributed by atoms with Crippen LogP contribution in [0.5, 0.6) is 17.2 Å². The highest BCUT2D eigenvalue weighted by molar-refractivity contribution is 8.00. The van der Waals surface area contributed by atoms with E-state index in [0.717, 1.165) is 40.9 Å². The number of methoxy groups -OCH3 is 3. The Bertz CT molecular complexity index is 1620. The number of aromatic nitrogens is 2. The fourth-order valence-corrected chi connectivity index (χ4v) is 6.90.